The van der Waals surface area contributed by atoms with E-state index in [2.05, 4.69) is 0 Å². The molecule has 0 spiro atoms. The van der Waals surface area contributed by atoms with Crippen molar-refractivity contribution >= 4 is 11.9 Å². The SMILES string of the molecule is COc1ccc2c(c1)CC[C@@](C(=O)O)(C(=O)OC(C)(C)C)[C@@H]2N. The lowest BCUT2D eigenvalue weighted by Gasteiger charge is -2.39. The van der Waals surface area contributed by atoms with Crippen LogP contribution in [0.15, 0.2) is 18.2 Å². The highest BCUT2D eigenvalue weighted by Gasteiger charge is 2.56. The Morgan fingerprint density at radius 3 is 2.52 bits per heavy atom. The van der Waals surface area contributed by atoms with Crippen LogP contribution in [0.2, 0.25) is 0 Å². The summed E-state index contributed by atoms with van der Waals surface area (Å²) in [7, 11) is 1.56. The molecule has 1 aromatic carbocycles. The van der Waals surface area contributed by atoms with Gasteiger partial charge in [0.05, 0.1) is 13.2 Å². The van der Waals surface area contributed by atoms with Gasteiger partial charge in [0, 0.05) is 0 Å². The fraction of sp³-hybridized carbons (Fsp3) is 0.529. The number of carboxylic acids is 1. The minimum atomic E-state index is -1.77. The van der Waals surface area contributed by atoms with Crippen LogP contribution in [0.4, 0.5) is 0 Å². The number of carboxylic acid groups (broad SMARTS) is 1. The monoisotopic (exact) mass is 321 g/mol. The summed E-state index contributed by atoms with van der Waals surface area (Å²) in [6, 6.07) is 4.30. The van der Waals surface area contributed by atoms with Crippen LogP contribution >= 0.6 is 0 Å². The van der Waals surface area contributed by atoms with Crippen LogP contribution in [0.3, 0.4) is 0 Å². The number of aryl methyl sites for hydroxylation is 1. The van der Waals surface area contributed by atoms with Crippen molar-refractivity contribution in [1.29, 1.82) is 0 Å². The Bertz CT molecular complexity index is 634. The summed E-state index contributed by atoms with van der Waals surface area (Å²) in [5.74, 6) is -1.36. The molecule has 23 heavy (non-hydrogen) atoms. The highest BCUT2D eigenvalue weighted by molar-refractivity contribution is 6.00. The predicted molar refractivity (Wildman–Crippen MR) is 84.2 cm³/mol. The van der Waals surface area contributed by atoms with E-state index in [0.717, 1.165) is 5.56 Å². The number of carbonyl (C=O) groups excluding carboxylic acids is 1. The van der Waals surface area contributed by atoms with Crippen molar-refractivity contribution in [3.63, 3.8) is 0 Å². The maximum Gasteiger partial charge on any atom is 0.326 e. The first-order valence-electron chi connectivity index (χ1n) is 7.51. The highest BCUT2D eigenvalue weighted by atomic mass is 16.6. The highest BCUT2D eigenvalue weighted by Crippen LogP contribution is 2.45. The summed E-state index contributed by atoms with van der Waals surface area (Å²) in [5.41, 5.74) is 5.21. The number of rotatable bonds is 3. The number of hydrogen-bond donors (Lipinski definition) is 2. The average Bonchev–Trinajstić information content (AvgIpc) is 2.45. The Labute approximate surface area is 135 Å². The first-order chi connectivity index (χ1) is 10.6. The number of esters is 1. The summed E-state index contributed by atoms with van der Waals surface area (Å²) < 4.78 is 10.5. The van der Waals surface area contributed by atoms with Crippen molar-refractivity contribution in [2.45, 2.75) is 45.3 Å². The van der Waals surface area contributed by atoms with Crippen molar-refractivity contribution in [3.05, 3.63) is 29.3 Å². The number of fused-ring (bicyclic) bond motifs is 1. The molecule has 0 radical (unpaired) electrons. The van der Waals surface area contributed by atoms with E-state index in [9.17, 15) is 14.7 Å². The van der Waals surface area contributed by atoms with Gasteiger partial charge in [-0.3, -0.25) is 9.59 Å². The third-order valence-corrected chi connectivity index (χ3v) is 4.15. The number of methoxy groups -OCH3 is 1. The Morgan fingerprint density at radius 1 is 1.35 bits per heavy atom. The topological polar surface area (TPSA) is 98.8 Å². The van der Waals surface area contributed by atoms with Crippen molar-refractivity contribution < 1.29 is 24.2 Å². The standard InChI is InChI=1S/C17H23NO5/c1-16(2,3)23-15(21)17(14(19)20)8-7-10-9-11(22-4)5-6-12(10)13(17)18/h5-6,9,13H,7-8,18H2,1-4H3,(H,19,20)/t13-,17-/m1/s1. The van der Waals surface area contributed by atoms with Crippen molar-refractivity contribution in [3.8, 4) is 5.75 Å². The molecule has 0 aliphatic heterocycles. The van der Waals surface area contributed by atoms with Crippen molar-refractivity contribution in [2.24, 2.45) is 11.1 Å². The van der Waals surface area contributed by atoms with Gasteiger partial charge < -0.3 is 20.3 Å². The van der Waals surface area contributed by atoms with Gasteiger partial charge in [-0.15, -0.1) is 0 Å². The minimum absolute atomic E-state index is 0.0958. The van der Waals surface area contributed by atoms with Crippen molar-refractivity contribution in [2.75, 3.05) is 7.11 Å². The number of carbonyl (C=O) groups is 2. The van der Waals surface area contributed by atoms with Gasteiger partial charge in [0.15, 0.2) is 5.41 Å². The second kappa shape index (κ2) is 5.85. The van der Waals surface area contributed by atoms with Crippen LogP contribution in [0, 0.1) is 5.41 Å². The Hall–Kier alpha value is -2.08. The van der Waals surface area contributed by atoms with Crippen LogP contribution in [-0.4, -0.2) is 29.8 Å². The van der Waals surface area contributed by atoms with Crippen LogP contribution < -0.4 is 10.5 Å². The number of ether oxygens (including phenoxy) is 2. The van der Waals surface area contributed by atoms with Gasteiger partial charge in [-0.05, 0) is 56.9 Å². The molecule has 0 fully saturated rings. The van der Waals surface area contributed by atoms with Crippen LogP contribution in [0.5, 0.6) is 5.75 Å². The third-order valence-electron chi connectivity index (χ3n) is 4.15. The quantitative estimate of drug-likeness (QED) is 0.653. The molecular formula is C17H23NO5. The lowest BCUT2D eigenvalue weighted by atomic mass is 9.68. The largest absolute Gasteiger partial charge is 0.497 e. The van der Waals surface area contributed by atoms with Gasteiger partial charge in [-0.25, -0.2) is 0 Å². The van der Waals surface area contributed by atoms with Gasteiger partial charge in [-0.1, -0.05) is 6.07 Å². The zero-order valence-corrected chi connectivity index (χ0v) is 13.9. The van der Waals surface area contributed by atoms with Crippen molar-refractivity contribution in [1.82, 2.24) is 0 Å². The van der Waals surface area contributed by atoms with Crippen LogP contribution in [0.1, 0.15) is 44.4 Å². The second-order valence-corrected chi connectivity index (χ2v) is 6.82. The Morgan fingerprint density at radius 2 is 2.00 bits per heavy atom. The van der Waals surface area contributed by atoms with Crippen LogP contribution in [0.25, 0.3) is 0 Å². The van der Waals surface area contributed by atoms with E-state index in [1.165, 1.54) is 0 Å². The van der Waals surface area contributed by atoms with Gasteiger partial charge >= 0.3 is 11.9 Å². The van der Waals surface area contributed by atoms with Gasteiger partial charge in [0.1, 0.15) is 11.4 Å². The molecular weight excluding hydrogens is 298 g/mol. The first-order valence-corrected chi connectivity index (χ1v) is 7.51. The lowest BCUT2D eigenvalue weighted by molar-refractivity contribution is -0.180. The zero-order valence-electron chi connectivity index (χ0n) is 13.9. The van der Waals surface area contributed by atoms with E-state index in [0.29, 0.717) is 17.7 Å². The smallest absolute Gasteiger partial charge is 0.326 e. The Balaban J connectivity index is 2.46. The van der Waals surface area contributed by atoms with E-state index in [1.54, 1.807) is 40.0 Å². The summed E-state index contributed by atoms with van der Waals surface area (Å²) in [6.45, 7) is 5.11. The average molecular weight is 321 g/mol. The van der Waals surface area contributed by atoms with E-state index < -0.39 is 29.0 Å². The van der Waals surface area contributed by atoms with Crippen LogP contribution in [-0.2, 0) is 20.7 Å². The molecule has 2 atom stereocenters. The number of aliphatic carboxylic acids is 1. The third kappa shape index (κ3) is 3.03. The molecule has 1 aliphatic rings. The molecule has 0 aromatic heterocycles. The number of hydrogen-bond acceptors (Lipinski definition) is 5. The van der Waals surface area contributed by atoms with E-state index in [4.69, 9.17) is 15.2 Å². The lowest BCUT2D eigenvalue weighted by Crippen LogP contribution is -2.52. The summed E-state index contributed by atoms with van der Waals surface area (Å²) in [5, 5.41) is 9.75. The Kier molecular flexibility index (Phi) is 4.39. The molecule has 2 rings (SSSR count). The number of nitrogens with two attached hydrogens (primary N) is 1. The molecule has 6 nitrogen and oxygen atoms in total. The van der Waals surface area contributed by atoms with Gasteiger partial charge in [-0.2, -0.15) is 0 Å². The molecule has 126 valence electrons. The normalized spacial score (nSPS) is 23.8. The molecule has 1 aliphatic carbocycles. The molecule has 6 heteroatoms. The summed E-state index contributed by atoms with van der Waals surface area (Å²) >= 11 is 0. The van der Waals surface area contributed by atoms with Gasteiger partial charge in [0.2, 0.25) is 0 Å². The summed E-state index contributed by atoms with van der Waals surface area (Å²) in [6.07, 6.45) is 0.518. The molecule has 0 amide bonds. The maximum atomic E-state index is 12.6. The molecule has 0 heterocycles. The van der Waals surface area contributed by atoms with Gasteiger partial charge in [0.25, 0.3) is 0 Å². The molecule has 0 saturated heterocycles. The molecule has 3 N–H and O–H groups in total. The zero-order chi connectivity index (χ0) is 17.4. The minimum Gasteiger partial charge on any atom is -0.497 e. The van der Waals surface area contributed by atoms with E-state index >= 15 is 0 Å². The molecule has 0 saturated carbocycles. The maximum absolute atomic E-state index is 12.6. The first kappa shape index (κ1) is 17.3. The van der Waals surface area contributed by atoms with E-state index in [-0.39, 0.29) is 6.42 Å². The fourth-order valence-electron chi connectivity index (χ4n) is 2.91. The molecule has 1 aromatic rings. The summed E-state index contributed by atoms with van der Waals surface area (Å²) in [4.78, 5) is 24.6. The predicted octanol–water partition coefficient (Wildman–Crippen LogP) is 2.05. The second-order valence-electron chi connectivity index (χ2n) is 6.82. The van der Waals surface area contributed by atoms with E-state index in [1.807, 2.05) is 6.07 Å². The number of benzene rings is 1. The fourth-order valence-corrected chi connectivity index (χ4v) is 2.91. The molecule has 0 unspecified atom stereocenters. The molecule has 0 bridgehead atoms.